The van der Waals surface area contributed by atoms with Gasteiger partial charge in [-0.05, 0) is 30.4 Å². The highest BCUT2D eigenvalue weighted by atomic mass is 35.5. The number of carbonyl (C=O) groups is 1. The van der Waals surface area contributed by atoms with Gasteiger partial charge in [-0.3, -0.25) is 4.79 Å². The van der Waals surface area contributed by atoms with Crippen LogP contribution in [-0.2, 0) is 14.8 Å². The van der Waals surface area contributed by atoms with Gasteiger partial charge in [0.1, 0.15) is 8.55 Å². The fourth-order valence-electron chi connectivity index (χ4n) is 3.09. The lowest BCUT2D eigenvalue weighted by Gasteiger charge is -2.30. The van der Waals surface area contributed by atoms with Gasteiger partial charge in [0.25, 0.3) is 10.0 Å². The minimum Gasteiger partial charge on any atom is -0.302 e. The molecule has 0 aromatic carbocycles. The Morgan fingerprint density at radius 3 is 2.83 bits per heavy atom. The molecular formula is C17H15Cl2N3O3S4. The molecule has 0 bridgehead atoms. The molecule has 3 aromatic heterocycles. The van der Waals surface area contributed by atoms with E-state index in [2.05, 4.69) is 10.3 Å². The zero-order chi connectivity index (χ0) is 20.6. The van der Waals surface area contributed by atoms with Gasteiger partial charge < -0.3 is 5.32 Å². The molecule has 1 aliphatic heterocycles. The van der Waals surface area contributed by atoms with E-state index < -0.39 is 15.9 Å². The lowest BCUT2D eigenvalue weighted by molar-refractivity contribution is -0.120. The number of halogens is 2. The predicted octanol–water partition coefficient (Wildman–Crippen LogP) is 5.28. The van der Waals surface area contributed by atoms with Crippen LogP contribution >= 0.6 is 57.2 Å². The first-order valence-corrected chi connectivity index (χ1v) is 13.4. The second-order valence-electron chi connectivity index (χ2n) is 6.40. The van der Waals surface area contributed by atoms with Crippen molar-refractivity contribution in [2.24, 2.45) is 5.92 Å². The Bertz CT molecular complexity index is 1120. The van der Waals surface area contributed by atoms with Crippen molar-refractivity contribution in [2.75, 3.05) is 18.4 Å². The molecule has 0 aliphatic carbocycles. The molecule has 1 atom stereocenters. The predicted molar refractivity (Wildman–Crippen MR) is 120 cm³/mol. The van der Waals surface area contributed by atoms with Gasteiger partial charge in [0.05, 0.1) is 15.9 Å². The molecule has 29 heavy (non-hydrogen) atoms. The van der Waals surface area contributed by atoms with E-state index in [9.17, 15) is 13.2 Å². The number of anilines is 1. The topological polar surface area (TPSA) is 79.4 Å². The van der Waals surface area contributed by atoms with Gasteiger partial charge in [-0.25, -0.2) is 13.4 Å². The number of carbonyl (C=O) groups excluding carboxylic acids is 1. The maximum Gasteiger partial charge on any atom is 0.252 e. The lowest BCUT2D eigenvalue weighted by atomic mass is 9.99. The molecule has 1 unspecified atom stereocenters. The second-order valence-corrected chi connectivity index (χ2v) is 12.7. The van der Waals surface area contributed by atoms with Gasteiger partial charge in [0.15, 0.2) is 5.13 Å². The van der Waals surface area contributed by atoms with Crippen LogP contribution in [0.5, 0.6) is 0 Å². The van der Waals surface area contributed by atoms with Crippen molar-refractivity contribution in [3.8, 4) is 11.3 Å². The van der Waals surface area contributed by atoms with E-state index in [0.717, 1.165) is 5.56 Å². The first-order chi connectivity index (χ1) is 13.8. The largest absolute Gasteiger partial charge is 0.302 e. The molecule has 12 heteroatoms. The van der Waals surface area contributed by atoms with Crippen LogP contribution in [0.25, 0.3) is 11.3 Å². The Labute approximate surface area is 190 Å². The third-order valence-corrected chi connectivity index (χ3v) is 9.99. The summed E-state index contributed by atoms with van der Waals surface area (Å²) in [6, 6.07) is 5.03. The zero-order valence-electron chi connectivity index (χ0n) is 14.8. The summed E-state index contributed by atoms with van der Waals surface area (Å²) in [5.41, 5.74) is 1.37. The number of hydrogen-bond acceptors (Lipinski definition) is 7. The SMILES string of the molecule is O=C(Nc1nc(-c2cc(Cl)sc2Cl)cs1)C1CCCN(S(=O)(=O)c2cccs2)C1. The van der Waals surface area contributed by atoms with Crippen LogP contribution in [0, 0.1) is 5.92 Å². The van der Waals surface area contributed by atoms with E-state index in [1.165, 1.54) is 38.3 Å². The normalized spacial score (nSPS) is 18.1. The van der Waals surface area contributed by atoms with Crippen molar-refractivity contribution in [1.29, 1.82) is 0 Å². The lowest BCUT2D eigenvalue weighted by Crippen LogP contribution is -2.43. The molecule has 154 valence electrons. The van der Waals surface area contributed by atoms with Crippen molar-refractivity contribution in [3.05, 3.63) is 37.6 Å². The highest BCUT2D eigenvalue weighted by Gasteiger charge is 2.34. The number of sulfonamides is 1. The van der Waals surface area contributed by atoms with Crippen molar-refractivity contribution in [3.63, 3.8) is 0 Å². The maximum atomic E-state index is 12.7. The van der Waals surface area contributed by atoms with E-state index in [-0.39, 0.29) is 12.5 Å². The van der Waals surface area contributed by atoms with Gasteiger partial charge in [-0.1, -0.05) is 29.3 Å². The first kappa shape index (κ1) is 21.2. The molecule has 1 fully saturated rings. The summed E-state index contributed by atoms with van der Waals surface area (Å²) < 4.78 is 28.3. The van der Waals surface area contributed by atoms with Crippen molar-refractivity contribution in [1.82, 2.24) is 9.29 Å². The first-order valence-electron chi connectivity index (χ1n) is 8.60. The standard InChI is InChI=1S/C17H15Cl2N3O3S4/c18-13-7-11(15(19)28-13)12-9-27-17(20-12)21-16(23)10-3-1-5-22(8-10)29(24,25)14-4-2-6-26-14/h2,4,6-7,9-10H,1,3,5,8H2,(H,20,21,23). The third-order valence-electron chi connectivity index (χ3n) is 4.51. The number of piperidine rings is 1. The van der Waals surface area contributed by atoms with E-state index in [0.29, 0.717) is 43.1 Å². The Hall–Kier alpha value is -1.01. The number of nitrogens with zero attached hydrogens (tertiary/aromatic N) is 2. The number of aromatic nitrogens is 1. The average Bonchev–Trinajstić information content (AvgIpc) is 3.43. The quantitative estimate of drug-likeness (QED) is 0.509. The van der Waals surface area contributed by atoms with Crippen LogP contribution in [0.2, 0.25) is 8.67 Å². The monoisotopic (exact) mass is 507 g/mol. The number of amides is 1. The van der Waals surface area contributed by atoms with Crippen molar-refractivity contribution in [2.45, 2.75) is 17.1 Å². The van der Waals surface area contributed by atoms with Crippen LogP contribution in [-0.4, -0.2) is 36.7 Å². The number of nitrogens with one attached hydrogen (secondary N) is 1. The summed E-state index contributed by atoms with van der Waals surface area (Å²) in [7, 11) is -3.56. The van der Waals surface area contributed by atoms with E-state index >= 15 is 0 Å². The maximum absolute atomic E-state index is 12.7. The smallest absolute Gasteiger partial charge is 0.252 e. The number of rotatable bonds is 5. The Kier molecular flexibility index (Phi) is 6.31. The minimum absolute atomic E-state index is 0.163. The Balaban J connectivity index is 1.44. The molecule has 4 heterocycles. The van der Waals surface area contributed by atoms with E-state index in [1.807, 2.05) is 0 Å². The molecule has 0 radical (unpaired) electrons. The Morgan fingerprint density at radius 1 is 1.31 bits per heavy atom. The molecule has 1 amide bonds. The van der Waals surface area contributed by atoms with Crippen molar-refractivity contribution >= 4 is 78.3 Å². The van der Waals surface area contributed by atoms with Gasteiger partial charge in [-0.15, -0.1) is 34.0 Å². The molecule has 1 saturated heterocycles. The van der Waals surface area contributed by atoms with E-state index in [1.54, 1.807) is 29.0 Å². The minimum atomic E-state index is -3.56. The van der Waals surface area contributed by atoms with Crippen LogP contribution in [0.15, 0.2) is 33.2 Å². The summed E-state index contributed by atoms with van der Waals surface area (Å²) in [5, 5.41) is 6.79. The molecule has 6 nitrogen and oxygen atoms in total. The highest BCUT2D eigenvalue weighted by molar-refractivity contribution is 7.91. The fraction of sp³-hybridized carbons (Fsp3) is 0.294. The molecular weight excluding hydrogens is 493 g/mol. The summed E-state index contributed by atoms with van der Waals surface area (Å²) in [4.78, 5) is 17.2. The van der Waals surface area contributed by atoms with Gasteiger partial charge >= 0.3 is 0 Å². The highest BCUT2D eigenvalue weighted by Crippen LogP contribution is 2.39. The molecule has 1 N–H and O–H groups in total. The third kappa shape index (κ3) is 4.53. The summed E-state index contributed by atoms with van der Waals surface area (Å²) in [5.74, 6) is -0.656. The molecule has 1 aliphatic rings. The van der Waals surface area contributed by atoms with Gasteiger partial charge in [-0.2, -0.15) is 4.31 Å². The summed E-state index contributed by atoms with van der Waals surface area (Å²) >= 11 is 15.9. The summed E-state index contributed by atoms with van der Waals surface area (Å²) in [6.07, 6.45) is 1.27. The van der Waals surface area contributed by atoms with Crippen LogP contribution in [0.1, 0.15) is 12.8 Å². The van der Waals surface area contributed by atoms with Crippen LogP contribution in [0.3, 0.4) is 0 Å². The zero-order valence-corrected chi connectivity index (χ0v) is 19.6. The molecule has 0 spiro atoms. The van der Waals surface area contributed by atoms with Crippen molar-refractivity contribution < 1.29 is 13.2 Å². The van der Waals surface area contributed by atoms with Gasteiger partial charge in [0, 0.05) is 24.0 Å². The molecule has 4 rings (SSSR count). The fourth-order valence-corrected chi connectivity index (χ4v) is 7.95. The van der Waals surface area contributed by atoms with E-state index in [4.69, 9.17) is 23.2 Å². The average molecular weight is 508 g/mol. The van der Waals surface area contributed by atoms with Gasteiger partial charge in [0.2, 0.25) is 5.91 Å². The molecule has 0 saturated carbocycles. The number of thiophene rings is 2. The summed E-state index contributed by atoms with van der Waals surface area (Å²) in [6.45, 7) is 0.582. The Morgan fingerprint density at radius 2 is 2.14 bits per heavy atom. The number of thiazole rings is 1. The van der Waals surface area contributed by atoms with Crippen LogP contribution in [0.4, 0.5) is 5.13 Å². The second kappa shape index (κ2) is 8.62. The number of hydrogen-bond donors (Lipinski definition) is 1. The molecule has 3 aromatic rings. The van der Waals surface area contributed by atoms with Crippen LogP contribution < -0.4 is 5.32 Å².